The topological polar surface area (TPSA) is 172 Å². The first-order valence-electron chi connectivity index (χ1n) is 9.08. The Kier molecular flexibility index (Phi) is 12.3. The average molecular weight is 569 g/mol. The predicted octanol–water partition coefficient (Wildman–Crippen LogP) is 2.69. The van der Waals surface area contributed by atoms with Crippen LogP contribution in [-0.4, -0.2) is 38.9 Å². The monoisotopic (exact) mass is 569 g/mol. The fraction of sp³-hybridized carbons (Fsp3) is 0.143. The molecule has 188 valence electrons. The third-order valence-corrected chi connectivity index (χ3v) is 6.48. The van der Waals surface area contributed by atoms with Gasteiger partial charge in [0.2, 0.25) is 0 Å². The number of aryl methyl sites for hydroxylation is 3. The van der Waals surface area contributed by atoms with Crippen molar-refractivity contribution in [2.24, 2.45) is 0 Å². The summed E-state index contributed by atoms with van der Waals surface area (Å²) in [6.07, 6.45) is 0. The van der Waals surface area contributed by atoms with Gasteiger partial charge in [-0.2, -0.15) is 0 Å². The standard InChI is InChI=1S/3C7H8O3S.Fe/c3*1-6-2-4-7(5-3-6)11(8,9)10;/h3*2-5H,1H3,(H,8,9,10);/p-3. The summed E-state index contributed by atoms with van der Waals surface area (Å²) in [6.45, 7) is 5.46. The van der Waals surface area contributed by atoms with Crippen molar-refractivity contribution >= 4 is 30.4 Å². The van der Waals surface area contributed by atoms with Gasteiger partial charge >= 0.3 is 0 Å². The van der Waals surface area contributed by atoms with E-state index in [2.05, 4.69) is 0 Å². The van der Waals surface area contributed by atoms with Crippen LogP contribution < -0.4 is 0 Å². The minimum absolute atomic E-state index is 0. The number of hydrogen-bond acceptors (Lipinski definition) is 9. The molecular formula is C21H21FeO9S3-3. The van der Waals surface area contributed by atoms with Crippen molar-refractivity contribution in [2.75, 3.05) is 0 Å². The van der Waals surface area contributed by atoms with Gasteiger partial charge in [0.05, 0.1) is 14.7 Å². The molecule has 0 aromatic heterocycles. The van der Waals surface area contributed by atoms with Crippen LogP contribution in [-0.2, 0) is 47.4 Å². The van der Waals surface area contributed by atoms with Gasteiger partial charge in [-0.3, -0.25) is 0 Å². The predicted molar refractivity (Wildman–Crippen MR) is 117 cm³/mol. The second-order valence-corrected chi connectivity index (χ2v) is 10.9. The molecule has 0 heterocycles. The van der Waals surface area contributed by atoms with E-state index in [0.717, 1.165) is 16.7 Å². The maximum atomic E-state index is 10.4. The van der Waals surface area contributed by atoms with Crippen LogP contribution in [0.5, 0.6) is 0 Å². The Morgan fingerprint density at radius 3 is 0.676 bits per heavy atom. The molecule has 0 saturated carbocycles. The molecular weight excluding hydrogens is 548 g/mol. The zero-order valence-electron chi connectivity index (χ0n) is 18.2. The van der Waals surface area contributed by atoms with Crippen molar-refractivity contribution in [1.29, 1.82) is 0 Å². The normalized spacial score (nSPS) is 11.1. The van der Waals surface area contributed by atoms with Crippen molar-refractivity contribution in [2.45, 2.75) is 35.5 Å². The van der Waals surface area contributed by atoms with Crippen LogP contribution in [0, 0.1) is 20.8 Å². The van der Waals surface area contributed by atoms with Gasteiger partial charge in [-0.1, -0.05) is 53.1 Å². The van der Waals surface area contributed by atoms with Crippen molar-refractivity contribution in [3.8, 4) is 0 Å². The molecule has 3 rings (SSSR count). The summed E-state index contributed by atoms with van der Waals surface area (Å²) in [7, 11) is -12.8. The molecule has 0 aliphatic heterocycles. The Balaban J connectivity index is 0.000000473. The van der Waals surface area contributed by atoms with Gasteiger partial charge in [-0.05, 0) is 57.2 Å². The largest absolute Gasteiger partial charge is 0.744 e. The third kappa shape index (κ3) is 11.9. The quantitative estimate of drug-likeness (QED) is 0.340. The van der Waals surface area contributed by atoms with Crippen LogP contribution in [0.2, 0.25) is 0 Å². The summed E-state index contributed by atoms with van der Waals surface area (Å²) < 4.78 is 93.5. The van der Waals surface area contributed by atoms with Crippen molar-refractivity contribution in [3.05, 3.63) is 89.5 Å². The number of rotatable bonds is 3. The Morgan fingerprint density at radius 1 is 0.412 bits per heavy atom. The van der Waals surface area contributed by atoms with Crippen LogP contribution in [0.15, 0.2) is 87.5 Å². The fourth-order valence-corrected chi connectivity index (χ4v) is 3.52. The van der Waals surface area contributed by atoms with E-state index >= 15 is 0 Å². The molecule has 13 heteroatoms. The van der Waals surface area contributed by atoms with Crippen LogP contribution in [0.4, 0.5) is 0 Å². The summed E-state index contributed by atoms with van der Waals surface area (Å²) in [5.74, 6) is 0. The van der Waals surface area contributed by atoms with Gasteiger partial charge in [-0.25, -0.2) is 25.3 Å². The first-order valence-corrected chi connectivity index (χ1v) is 13.3. The molecule has 0 bridgehead atoms. The Morgan fingerprint density at radius 2 is 0.559 bits per heavy atom. The van der Waals surface area contributed by atoms with Crippen molar-refractivity contribution < 1.29 is 56.0 Å². The van der Waals surface area contributed by atoms with Crippen LogP contribution in [0.25, 0.3) is 0 Å². The van der Waals surface area contributed by atoms with Gasteiger partial charge in [-0.15, -0.1) is 0 Å². The molecule has 0 N–H and O–H groups in total. The zero-order chi connectivity index (χ0) is 25.4. The summed E-state index contributed by atoms with van der Waals surface area (Å²) in [6, 6.07) is 17.3. The molecule has 0 fully saturated rings. The molecule has 0 spiro atoms. The van der Waals surface area contributed by atoms with Gasteiger partial charge < -0.3 is 13.7 Å². The second-order valence-electron chi connectivity index (χ2n) is 6.80. The minimum Gasteiger partial charge on any atom is -0.744 e. The second kappa shape index (κ2) is 13.1. The molecule has 0 radical (unpaired) electrons. The van der Waals surface area contributed by atoms with E-state index in [-0.39, 0.29) is 31.8 Å². The number of hydrogen-bond donors (Lipinski definition) is 0. The van der Waals surface area contributed by atoms with Crippen LogP contribution in [0.3, 0.4) is 0 Å². The van der Waals surface area contributed by atoms with Gasteiger partial charge in [0.1, 0.15) is 30.4 Å². The maximum absolute atomic E-state index is 10.4. The minimum atomic E-state index is -4.27. The van der Waals surface area contributed by atoms with Crippen molar-refractivity contribution in [1.82, 2.24) is 0 Å². The molecule has 34 heavy (non-hydrogen) atoms. The van der Waals surface area contributed by atoms with E-state index in [0.29, 0.717) is 0 Å². The molecule has 0 saturated heterocycles. The van der Waals surface area contributed by atoms with Gasteiger partial charge in [0.15, 0.2) is 0 Å². The zero-order valence-corrected chi connectivity index (χ0v) is 21.7. The number of benzene rings is 3. The summed E-state index contributed by atoms with van der Waals surface area (Å²) >= 11 is 0. The van der Waals surface area contributed by atoms with E-state index in [9.17, 15) is 38.9 Å². The Bertz CT molecular complexity index is 1190. The van der Waals surface area contributed by atoms with Crippen LogP contribution >= 0.6 is 0 Å². The fourth-order valence-electron chi connectivity index (χ4n) is 2.11. The van der Waals surface area contributed by atoms with E-state index in [4.69, 9.17) is 0 Å². The SMILES string of the molecule is Cc1ccc(S(=O)(=O)[O-])cc1.Cc1ccc(S(=O)(=O)[O-])cc1.Cc1ccc(S(=O)(=O)[O-])cc1.[Fe]. The van der Waals surface area contributed by atoms with E-state index in [1.54, 1.807) is 36.4 Å². The molecule has 0 unspecified atom stereocenters. The average Bonchev–Trinajstić information content (AvgIpc) is 2.68. The molecule has 9 nitrogen and oxygen atoms in total. The molecule has 0 aliphatic carbocycles. The molecule has 3 aromatic carbocycles. The van der Waals surface area contributed by atoms with Crippen LogP contribution in [0.1, 0.15) is 16.7 Å². The molecule has 0 amide bonds. The van der Waals surface area contributed by atoms with Gasteiger partial charge in [0, 0.05) is 17.1 Å². The van der Waals surface area contributed by atoms with E-state index < -0.39 is 30.4 Å². The third-order valence-electron chi connectivity index (χ3n) is 3.93. The Hall–Kier alpha value is -2.09. The maximum Gasteiger partial charge on any atom is 0.124 e. The first-order chi connectivity index (χ1) is 15.0. The molecule has 0 atom stereocenters. The van der Waals surface area contributed by atoms with E-state index in [1.165, 1.54) is 36.4 Å². The van der Waals surface area contributed by atoms with E-state index in [1.807, 2.05) is 20.8 Å². The van der Waals surface area contributed by atoms with Crippen molar-refractivity contribution in [3.63, 3.8) is 0 Å². The smallest absolute Gasteiger partial charge is 0.124 e. The molecule has 0 aliphatic rings. The Labute approximate surface area is 210 Å². The molecule has 3 aromatic rings. The summed E-state index contributed by atoms with van der Waals surface area (Å²) in [5.41, 5.74) is 2.78. The summed E-state index contributed by atoms with van der Waals surface area (Å²) in [4.78, 5) is -0.533. The first kappa shape index (κ1) is 31.9. The van der Waals surface area contributed by atoms with Gasteiger partial charge in [0.25, 0.3) is 0 Å². The summed E-state index contributed by atoms with van der Waals surface area (Å²) in [5, 5.41) is 0.